The van der Waals surface area contributed by atoms with E-state index >= 15 is 0 Å². The van der Waals surface area contributed by atoms with Crippen LogP contribution in [0.25, 0.3) is 0 Å². The maximum Gasteiger partial charge on any atom is 0.408 e. The number of nitrogens with one attached hydrogen (secondary N) is 1. The van der Waals surface area contributed by atoms with Crippen LogP contribution >= 0.6 is 15.9 Å². The third-order valence-corrected chi connectivity index (χ3v) is 4.02. The molecule has 1 aromatic carbocycles. The van der Waals surface area contributed by atoms with Crippen LogP contribution in [0.2, 0.25) is 0 Å². The molecule has 2 rings (SSSR count). The lowest BCUT2D eigenvalue weighted by Gasteiger charge is -2.23. The molecule has 0 heterocycles. The van der Waals surface area contributed by atoms with Crippen LogP contribution in [-0.4, -0.2) is 11.7 Å². The number of carbonyl (C=O) groups is 1. The van der Waals surface area contributed by atoms with Crippen LogP contribution in [0.4, 0.5) is 4.79 Å². The van der Waals surface area contributed by atoms with Crippen molar-refractivity contribution in [1.82, 2.24) is 5.32 Å². The molecule has 0 saturated carbocycles. The largest absolute Gasteiger partial charge is 0.444 e. The fourth-order valence-corrected chi connectivity index (χ4v) is 3.13. The molecule has 1 aliphatic carbocycles. The summed E-state index contributed by atoms with van der Waals surface area (Å²) in [5, 5.41) is 2.99. The molecule has 0 spiro atoms. The molecule has 4 heteroatoms. The first kappa shape index (κ1) is 15.4. The van der Waals surface area contributed by atoms with Crippen LogP contribution in [-0.2, 0) is 10.2 Å². The second kappa shape index (κ2) is 5.06. The van der Waals surface area contributed by atoms with Crippen molar-refractivity contribution in [1.29, 1.82) is 0 Å². The summed E-state index contributed by atoms with van der Waals surface area (Å²) in [4.78, 5) is 12.0. The molecule has 0 bridgehead atoms. The van der Waals surface area contributed by atoms with Gasteiger partial charge in [-0.25, -0.2) is 4.79 Å². The van der Waals surface area contributed by atoms with Gasteiger partial charge < -0.3 is 10.1 Å². The maximum atomic E-state index is 12.0. The number of hydrogen-bond donors (Lipinski definition) is 1. The quantitative estimate of drug-likeness (QED) is 0.805. The van der Waals surface area contributed by atoms with Crippen molar-refractivity contribution in [3.05, 3.63) is 33.8 Å². The summed E-state index contributed by atoms with van der Waals surface area (Å²) >= 11 is 3.50. The standard InChI is InChI=1S/C16H22BrNO2/c1-15(2,3)20-14(19)18-13-9-16(4,5)12-7-6-10(17)8-11(12)13/h6-8,13H,9H2,1-5H3,(H,18,19). The number of halogens is 1. The number of fused-ring (bicyclic) bond motifs is 1. The van der Waals surface area contributed by atoms with Crippen LogP contribution < -0.4 is 5.32 Å². The summed E-state index contributed by atoms with van der Waals surface area (Å²) in [6, 6.07) is 6.28. The van der Waals surface area contributed by atoms with Crippen molar-refractivity contribution in [2.45, 2.75) is 58.1 Å². The monoisotopic (exact) mass is 339 g/mol. The molecule has 1 aliphatic rings. The van der Waals surface area contributed by atoms with E-state index < -0.39 is 5.60 Å². The highest BCUT2D eigenvalue weighted by Crippen LogP contribution is 2.45. The van der Waals surface area contributed by atoms with E-state index in [0.29, 0.717) is 0 Å². The molecular weight excluding hydrogens is 318 g/mol. The zero-order valence-electron chi connectivity index (χ0n) is 12.7. The molecule has 110 valence electrons. The minimum atomic E-state index is -0.474. The minimum Gasteiger partial charge on any atom is -0.444 e. The van der Waals surface area contributed by atoms with Gasteiger partial charge in [-0.3, -0.25) is 0 Å². The van der Waals surface area contributed by atoms with Crippen molar-refractivity contribution in [2.24, 2.45) is 0 Å². The molecule has 0 saturated heterocycles. The van der Waals surface area contributed by atoms with E-state index in [1.54, 1.807) is 0 Å². The van der Waals surface area contributed by atoms with Gasteiger partial charge in [0.2, 0.25) is 0 Å². The summed E-state index contributed by atoms with van der Waals surface area (Å²) in [6.45, 7) is 10.0. The SMILES string of the molecule is CC(C)(C)OC(=O)NC1CC(C)(C)c2ccc(Br)cc21. The average molecular weight is 340 g/mol. The summed E-state index contributed by atoms with van der Waals surface area (Å²) in [6.07, 6.45) is 0.531. The fraction of sp³-hybridized carbons (Fsp3) is 0.562. The van der Waals surface area contributed by atoms with Crippen molar-refractivity contribution in [3.8, 4) is 0 Å². The molecule has 1 N–H and O–H groups in total. The van der Waals surface area contributed by atoms with Gasteiger partial charge in [0.15, 0.2) is 0 Å². The van der Waals surface area contributed by atoms with E-state index in [0.717, 1.165) is 10.9 Å². The molecule has 1 amide bonds. The van der Waals surface area contributed by atoms with Gasteiger partial charge >= 0.3 is 6.09 Å². The molecule has 1 unspecified atom stereocenters. The maximum absolute atomic E-state index is 12.0. The third kappa shape index (κ3) is 3.35. The van der Waals surface area contributed by atoms with Crippen LogP contribution in [0.5, 0.6) is 0 Å². The smallest absolute Gasteiger partial charge is 0.408 e. The second-order valence-corrected chi connectivity index (χ2v) is 7.93. The number of carbonyl (C=O) groups excluding carboxylic acids is 1. The van der Waals surface area contributed by atoms with E-state index in [4.69, 9.17) is 4.74 Å². The van der Waals surface area contributed by atoms with Gasteiger partial charge in [0.1, 0.15) is 5.60 Å². The molecule has 20 heavy (non-hydrogen) atoms. The first-order valence-corrected chi connectivity index (χ1v) is 7.67. The summed E-state index contributed by atoms with van der Waals surface area (Å²) in [5.74, 6) is 0. The topological polar surface area (TPSA) is 38.3 Å². The van der Waals surface area contributed by atoms with Crippen molar-refractivity contribution in [2.75, 3.05) is 0 Å². The molecule has 1 atom stereocenters. The third-order valence-electron chi connectivity index (χ3n) is 3.52. The number of rotatable bonds is 1. The Kier molecular flexibility index (Phi) is 3.89. The minimum absolute atomic E-state index is 0.00681. The first-order chi connectivity index (χ1) is 9.08. The first-order valence-electron chi connectivity index (χ1n) is 6.88. The number of amides is 1. The Hall–Kier alpha value is -1.03. The van der Waals surface area contributed by atoms with E-state index in [-0.39, 0.29) is 17.6 Å². The number of hydrogen-bond acceptors (Lipinski definition) is 2. The molecule has 0 fully saturated rings. The van der Waals surface area contributed by atoms with E-state index in [1.807, 2.05) is 20.8 Å². The van der Waals surface area contributed by atoms with Gasteiger partial charge in [0, 0.05) is 4.47 Å². The molecule has 0 aliphatic heterocycles. The molecule has 1 aromatic rings. The Balaban J connectivity index is 2.20. The lowest BCUT2D eigenvalue weighted by atomic mass is 9.86. The van der Waals surface area contributed by atoms with Crippen LogP contribution in [0, 0.1) is 0 Å². The predicted molar refractivity (Wildman–Crippen MR) is 83.9 cm³/mol. The number of alkyl carbamates (subject to hydrolysis) is 1. The molecule has 0 radical (unpaired) electrons. The van der Waals surface area contributed by atoms with Gasteiger partial charge in [-0.2, -0.15) is 0 Å². The van der Waals surface area contributed by atoms with Crippen molar-refractivity contribution in [3.63, 3.8) is 0 Å². The molecule has 3 nitrogen and oxygen atoms in total. The highest BCUT2D eigenvalue weighted by molar-refractivity contribution is 9.10. The van der Waals surface area contributed by atoms with Gasteiger partial charge in [-0.15, -0.1) is 0 Å². The van der Waals surface area contributed by atoms with Gasteiger partial charge in [-0.05, 0) is 55.9 Å². The van der Waals surface area contributed by atoms with E-state index in [9.17, 15) is 4.79 Å². The van der Waals surface area contributed by atoms with E-state index in [1.165, 1.54) is 11.1 Å². The Morgan fingerprint density at radius 1 is 1.40 bits per heavy atom. The highest BCUT2D eigenvalue weighted by Gasteiger charge is 2.38. The number of ether oxygens (including phenoxy) is 1. The normalized spacial score (nSPS) is 20.4. The molecular formula is C16H22BrNO2. The lowest BCUT2D eigenvalue weighted by molar-refractivity contribution is 0.0501. The summed E-state index contributed by atoms with van der Waals surface area (Å²) in [7, 11) is 0. The average Bonchev–Trinajstić information content (AvgIpc) is 2.47. The Morgan fingerprint density at radius 2 is 2.05 bits per heavy atom. The van der Waals surface area contributed by atoms with Crippen LogP contribution in [0.3, 0.4) is 0 Å². The predicted octanol–water partition coefficient (Wildman–Crippen LogP) is 4.70. The Bertz CT molecular complexity index is 532. The zero-order chi connectivity index (χ0) is 15.1. The number of benzene rings is 1. The van der Waals surface area contributed by atoms with Gasteiger partial charge in [0.25, 0.3) is 0 Å². The highest BCUT2D eigenvalue weighted by atomic mass is 79.9. The van der Waals surface area contributed by atoms with Crippen molar-refractivity contribution >= 4 is 22.0 Å². The Labute approximate surface area is 129 Å². The van der Waals surface area contributed by atoms with Crippen LogP contribution in [0.15, 0.2) is 22.7 Å². The van der Waals surface area contributed by atoms with E-state index in [2.05, 4.69) is 53.3 Å². The molecule has 0 aromatic heterocycles. The van der Waals surface area contributed by atoms with Gasteiger partial charge in [0.05, 0.1) is 6.04 Å². The van der Waals surface area contributed by atoms with Gasteiger partial charge in [-0.1, -0.05) is 35.8 Å². The fourth-order valence-electron chi connectivity index (χ4n) is 2.75. The zero-order valence-corrected chi connectivity index (χ0v) is 14.3. The summed E-state index contributed by atoms with van der Waals surface area (Å²) in [5.41, 5.74) is 2.06. The summed E-state index contributed by atoms with van der Waals surface area (Å²) < 4.78 is 6.38. The van der Waals surface area contributed by atoms with Crippen LogP contribution in [0.1, 0.15) is 58.2 Å². The Morgan fingerprint density at radius 3 is 2.65 bits per heavy atom. The lowest BCUT2D eigenvalue weighted by Crippen LogP contribution is -2.34. The second-order valence-electron chi connectivity index (χ2n) is 7.02. The van der Waals surface area contributed by atoms with Crippen molar-refractivity contribution < 1.29 is 9.53 Å².